The van der Waals surface area contributed by atoms with Crippen LogP contribution in [0, 0.1) is 0 Å². The van der Waals surface area contributed by atoms with Crippen LogP contribution in [0.25, 0.3) is 0 Å². The highest BCUT2D eigenvalue weighted by Gasteiger charge is 2.32. The number of benzene rings is 1. The highest BCUT2D eigenvalue weighted by atomic mass is 16.6. The maximum absolute atomic E-state index is 11.2. The quantitative estimate of drug-likeness (QED) is 0.724. The van der Waals surface area contributed by atoms with Crippen molar-refractivity contribution in [1.82, 2.24) is 0 Å². The maximum atomic E-state index is 11.2. The third-order valence-corrected chi connectivity index (χ3v) is 2.26. The van der Waals surface area contributed by atoms with Crippen LogP contribution in [0.5, 0.6) is 5.75 Å². The first-order valence-electron chi connectivity index (χ1n) is 5.20. The van der Waals surface area contributed by atoms with Gasteiger partial charge >= 0.3 is 5.97 Å². The van der Waals surface area contributed by atoms with Gasteiger partial charge in [0.15, 0.2) is 5.60 Å². The van der Waals surface area contributed by atoms with Gasteiger partial charge in [-0.1, -0.05) is 6.07 Å². The van der Waals surface area contributed by atoms with Crippen LogP contribution in [0.3, 0.4) is 0 Å². The third kappa shape index (κ3) is 3.46. The van der Waals surface area contributed by atoms with Crippen molar-refractivity contribution in [3.8, 4) is 5.75 Å². The van der Waals surface area contributed by atoms with Gasteiger partial charge in [0.1, 0.15) is 12.4 Å². The Hall–Kier alpha value is -2.08. The summed E-state index contributed by atoms with van der Waals surface area (Å²) in [5.41, 5.74) is 3.65. The molecule has 1 rings (SSSR count). The molecule has 0 aliphatic heterocycles. The first-order valence-corrected chi connectivity index (χ1v) is 5.20. The number of hydrogen-bond acceptors (Lipinski definition) is 5. The molecule has 1 aromatic rings. The van der Waals surface area contributed by atoms with Gasteiger partial charge in [-0.3, -0.25) is 4.79 Å². The SMILES string of the molecule is COC(=O)C(C)(O)COc1cccc(C(N)=O)c1. The first kappa shape index (κ1) is 14.0. The Morgan fingerprint density at radius 2 is 2.11 bits per heavy atom. The molecule has 1 unspecified atom stereocenters. The fraction of sp³-hybridized carbons (Fsp3) is 0.333. The van der Waals surface area contributed by atoms with Gasteiger partial charge in [0.25, 0.3) is 0 Å². The van der Waals surface area contributed by atoms with Crippen LogP contribution in [-0.4, -0.2) is 36.3 Å². The number of esters is 1. The number of methoxy groups -OCH3 is 1. The zero-order valence-electron chi connectivity index (χ0n) is 10.2. The van der Waals surface area contributed by atoms with Gasteiger partial charge in [-0.15, -0.1) is 0 Å². The lowest BCUT2D eigenvalue weighted by atomic mass is 10.1. The molecule has 98 valence electrons. The molecule has 0 aliphatic rings. The smallest absolute Gasteiger partial charge is 0.341 e. The zero-order valence-corrected chi connectivity index (χ0v) is 10.2. The Morgan fingerprint density at radius 1 is 1.44 bits per heavy atom. The molecule has 0 aliphatic carbocycles. The number of carbonyl (C=O) groups excluding carboxylic acids is 2. The Kier molecular flexibility index (Phi) is 4.28. The summed E-state index contributed by atoms with van der Waals surface area (Å²) in [4.78, 5) is 22.2. The number of amides is 1. The van der Waals surface area contributed by atoms with Gasteiger partial charge in [-0.2, -0.15) is 0 Å². The minimum Gasteiger partial charge on any atom is -0.490 e. The van der Waals surface area contributed by atoms with E-state index in [1.165, 1.54) is 26.2 Å². The van der Waals surface area contributed by atoms with Crippen molar-refractivity contribution in [2.75, 3.05) is 13.7 Å². The molecule has 0 bridgehead atoms. The van der Waals surface area contributed by atoms with Gasteiger partial charge in [0, 0.05) is 5.56 Å². The highest BCUT2D eigenvalue weighted by molar-refractivity contribution is 5.93. The molecule has 3 N–H and O–H groups in total. The summed E-state index contributed by atoms with van der Waals surface area (Å²) in [6, 6.07) is 6.13. The average molecular weight is 253 g/mol. The van der Waals surface area contributed by atoms with Crippen LogP contribution in [0.1, 0.15) is 17.3 Å². The minimum atomic E-state index is -1.75. The van der Waals surface area contributed by atoms with E-state index in [1.807, 2.05) is 0 Å². The lowest BCUT2D eigenvalue weighted by Gasteiger charge is -2.20. The van der Waals surface area contributed by atoms with E-state index in [0.717, 1.165) is 0 Å². The molecule has 0 spiro atoms. The summed E-state index contributed by atoms with van der Waals surface area (Å²) in [5.74, 6) is -1.05. The molecule has 1 aromatic carbocycles. The second-order valence-electron chi connectivity index (χ2n) is 3.95. The average Bonchev–Trinajstić information content (AvgIpc) is 2.35. The molecular formula is C12H15NO5. The largest absolute Gasteiger partial charge is 0.490 e. The fourth-order valence-corrected chi connectivity index (χ4v) is 1.24. The molecule has 0 radical (unpaired) electrons. The van der Waals surface area contributed by atoms with Crippen molar-refractivity contribution in [2.24, 2.45) is 5.73 Å². The molecule has 0 saturated heterocycles. The number of hydrogen-bond donors (Lipinski definition) is 2. The molecule has 18 heavy (non-hydrogen) atoms. The zero-order chi connectivity index (χ0) is 13.8. The second kappa shape index (κ2) is 5.50. The molecule has 0 fully saturated rings. The first-order chi connectivity index (χ1) is 8.36. The van der Waals surface area contributed by atoms with Crippen LogP contribution in [0.4, 0.5) is 0 Å². The van der Waals surface area contributed by atoms with E-state index in [4.69, 9.17) is 10.5 Å². The molecule has 6 nitrogen and oxygen atoms in total. The van der Waals surface area contributed by atoms with Gasteiger partial charge in [0.2, 0.25) is 5.91 Å². The number of carbonyl (C=O) groups is 2. The van der Waals surface area contributed by atoms with E-state index in [2.05, 4.69) is 4.74 Å². The summed E-state index contributed by atoms with van der Waals surface area (Å²) in [7, 11) is 1.17. The lowest BCUT2D eigenvalue weighted by molar-refractivity contribution is -0.163. The van der Waals surface area contributed by atoms with Crippen molar-refractivity contribution in [3.05, 3.63) is 29.8 Å². The van der Waals surface area contributed by atoms with Crippen LogP contribution < -0.4 is 10.5 Å². The van der Waals surface area contributed by atoms with Crippen molar-refractivity contribution >= 4 is 11.9 Å². The molecular weight excluding hydrogens is 238 g/mol. The van der Waals surface area contributed by atoms with E-state index in [0.29, 0.717) is 5.75 Å². The fourth-order valence-electron chi connectivity index (χ4n) is 1.24. The molecule has 0 saturated carbocycles. The van der Waals surface area contributed by atoms with E-state index < -0.39 is 17.5 Å². The number of nitrogens with two attached hydrogens (primary N) is 1. The highest BCUT2D eigenvalue weighted by Crippen LogP contribution is 2.15. The monoisotopic (exact) mass is 253 g/mol. The predicted octanol–water partition coefficient (Wildman–Crippen LogP) is 0.0883. The lowest BCUT2D eigenvalue weighted by Crippen LogP contribution is -2.42. The Labute approximate surface area is 104 Å². The molecule has 6 heteroatoms. The summed E-state index contributed by atoms with van der Waals surface area (Å²) in [6.45, 7) is 0.985. The number of primary amides is 1. The molecule has 1 amide bonds. The third-order valence-electron chi connectivity index (χ3n) is 2.26. The van der Waals surface area contributed by atoms with E-state index >= 15 is 0 Å². The van der Waals surface area contributed by atoms with E-state index in [-0.39, 0.29) is 12.2 Å². The Balaban J connectivity index is 2.72. The molecule has 1 atom stereocenters. The Morgan fingerprint density at radius 3 is 2.67 bits per heavy atom. The van der Waals surface area contributed by atoms with Crippen LogP contribution in [-0.2, 0) is 9.53 Å². The maximum Gasteiger partial charge on any atom is 0.341 e. The second-order valence-corrected chi connectivity index (χ2v) is 3.95. The van der Waals surface area contributed by atoms with Gasteiger partial charge < -0.3 is 20.3 Å². The molecule has 0 heterocycles. The Bertz CT molecular complexity index is 456. The van der Waals surface area contributed by atoms with Gasteiger partial charge in [-0.05, 0) is 25.1 Å². The number of ether oxygens (including phenoxy) is 2. The van der Waals surface area contributed by atoms with Crippen LogP contribution >= 0.6 is 0 Å². The number of aliphatic hydroxyl groups is 1. The van der Waals surface area contributed by atoms with E-state index in [1.54, 1.807) is 12.1 Å². The molecule has 0 aromatic heterocycles. The summed E-state index contributed by atoms with van der Waals surface area (Å²) in [5, 5.41) is 9.73. The summed E-state index contributed by atoms with van der Waals surface area (Å²) >= 11 is 0. The standard InChI is InChI=1S/C12H15NO5/c1-12(16,11(15)17-2)7-18-9-5-3-4-8(6-9)10(13)14/h3-6,16H,7H2,1-2H3,(H2,13,14). The van der Waals surface area contributed by atoms with Crippen LogP contribution in [0.2, 0.25) is 0 Å². The summed E-state index contributed by atoms with van der Waals surface area (Å²) in [6.07, 6.45) is 0. The normalized spacial score (nSPS) is 13.5. The summed E-state index contributed by atoms with van der Waals surface area (Å²) < 4.78 is 9.65. The van der Waals surface area contributed by atoms with Crippen molar-refractivity contribution in [2.45, 2.75) is 12.5 Å². The van der Waals surface area contributed by atoms with Crippen molar-refractivity contribution < 1.29 is 24.2 Å². The predicted molar refractivity (Wildman–Crippen MR) is 63.1 cm³/mol. The topological polar surface area (TPSA) is 98.8 Å². The van der Waals surface area contributed by atoms with Gasteiger partial charge in [0.05, 0.1) is 7.11 Å². The van der Waals surface area contributed by atoms with Crippen molar-refractivity contribution in [1.29, 1.82) is 0 Å². The van der Waals surface area contributed by atoms with Gasteiger partial charge in [-0.25, -0.2) is 4.79 Å². The minimum absolute atomic E-state index is 0.283. The van der Waals surface area contributed by atoms with Crippen LogP contribution in [0.15, 0.2) is 24.3 Å². The van der Waals surface area contributed by atoms with Crippen molar-refractivity contribution in [3.63, 3.8) is 0 Å². The number of rotatable bonds is 5. The van der Waals surface area contributed by atoms with E-state index in [9.17, 15) is 14.7 Å².